The van der Waals surface area contributed by atoms with E-state index < -0.39 is 104 Å². The Morgan fingerprint density at radius 3 is 1.69 bits per heavy atom. The number of hydrogen-bond acceptors (Lipinski definition) is 26. The molecule has 0 spiro atoms. The maximum absolute atomic E-state index is 14.0. The normalized spacial score (nSPS) is 14.1. The Morgan fingerprint density at radius 1 is 0.673 bits per heavy atom. The van der Waals surface area contributed by atoms with Gasteiger partial charge in [-0.05, 0) is 74.4 Å². The Hall–Kier alpha value is -8.77. The van der Waals surface area contributed by atoms with Crippen LogP contribution in [-0.4, -0.2) is 250 Å². The summed E-state index contributed by atoms with van der Waals surface area (Å²) in [7, 11) is -5.66. The summed E-state index contributed by atoms with van der Waals surface area (Å²) in [6.07, 6.45) is 5.53. The number of aromatic nitrogens is 2. The van der Waals surface area contributed by atoms with E-state index in [0.717, 1.165) is 17.5 Å². The van der Waals surface area contributed by atoms with Gasteiger partial charge < -0.3 is 88.7 Å². The highest BCUT2D eigenvalue weighted by Crippen LogP contribution is 2.34. The summed E-state index contributed by atoms with van der Waals surface area (Å²) in [6, 6.07) is 9.46. The molecule has 1 saturated heterocycles. The highest BCUT2D eigenvalue weighted by molar-refractivity contribution is 7.85. The summed E-state index contributed by atoms with van der Waals surface area (Å²) in [5.41, 5.74) is 10.6. The second-order valence-electron chi connectivity index (χ2n) is 24.7. The Bertz CT molecular complexity index is 3760. The van der Waals surface area contributed by atoms with E-state index in [2.05, 4.69) is 41.0 Å². The molecule has 33 nitrogen and oxygen atoms in total. The van der Waals surface area contributed by atoms with Crippen LogP contribution in [0.2, 0.25) is 0 Å². The molecule has 7 N–H and O–H groups in total. The van der Waals surface area contributed by atoms with Gasteiger partial charge >= 0.3 is 22.2 Å². The van der Waals surface area contributed by atoms with E-state index in [-0.39, 0.29) is 96.5 Å². The molecule has 608 valence electrons. The predicted octanol–water partition coefficient (Wildman–Crippen LogP) is 5.47. The average Bonchev–Trinajstić information content (AvgIpc) is 1.03. The Balaban J connectivity index is 0.707. The molecule has 4 aromatic rings. The van der Waals surface area contributed by atoms with Crippen LogP contribution in [0.1, 0.15) is 90.1 Å². The molecular weight excluding hydrogens is 1480 g/mol. The molecule has 38 heteroatoms. The first-order valence-corrected chi connectivity index (χ1v) is 37.3. The molecule has 3 aromatic carbocycles. The average molecular weight is 1580 g/mol. The van der Waals surface area contributed by atoms with Crippen molar-refractivity contribution < 1.29 is 126 Å². The number of amides is 6. The summed E-state index contributed by atoms with van der Waals surface area (Å²) in [5, 5.41) is 12.4. The molecule has 110 heavy (non-hydrogen) atoms. The van der Waals surface area contributed by atoms with Crippen LogP contribution in [0.3, 0.4) is 0 Å². The van der Waals surface area contributed by atoms with Crippen molar-refractivity contribution >= 4 is 75.0 Å². The van der Waals surface area contributed by atoms with Gasteiger partial charge in [0.1, 0.15) is 36.4 Å². The lowest BCUT2D eigenvalue weighted by atomic mass is 10.0. The molecule has 1 fully saturated rings. The van der Waals surface area contributed by atoms with Crippen molar-refractivity contribution in [2.75, 3.05) is 157 Å². The van der Waals surface area contributed by atoms with Gasteiger partial charge in [0.15, 0.2) is 16.5 Å². The van der Waals surface area contributed by atoms with Gasteiger partial charge in [0.05, 0.1) is 157 Å². The van der Waals surface area contributed by atoms with Crippen molar-refractivity contribution in [2.45, 2.75) is 109 Å². The number of esters is 1. The van der Waals surface area contributed by atoms with Gasteiger partial charge in [0.2, 0.25) is 41.0 Å². The van der Waals surface area contributed by atoms with E-state index in [1.54, 1.807) is 63.5 Å². The largest absolute Gasteiger partial charge is 0.445 e. The van der Waals surface area contributed by atoms with E-state index in [1.807, 2.05) is 32.0 Å². The minimum atomic E-state index is -5.66. The van der Waals surface area contributed by atoms with Crippen LogP contribution in [-0.2, 0) is 109 Å². The quantitative estimate of drug-likeness (QED) is 0.00607. The first-order valence-electron chi connectivity index (χ1n) is 35.9. The van der Waals surface area contributed by atoms with Crippen molar-refractivity contribution in [1.82, 2.24) is 35.9 Å². The van der Waals surface area contributed by atoms with E-state index >= 15 is 0 Å². The number of hydroxylamine groups is 2. The predicted molar refractivity (Wildman–Crippen MR) is 385 cm³/mol. The third-order valence-corrected chi connectivity index (χ3v) is 16.9. The minimum Gasteiger partial charge on any atom is -0.445 e. The number of anilines is 1. The number of benzene rings is 3. The van der Waals surface area contributed by atoms with E-state index in [9.17, 15) is 59.5 Å². The SMILES string of the molecule is CCCN(OCC)C(=O)C1=Cc2ccc(-c3cnc(CNC(=O)OCc4ccc(NC(=O)[C@@H](NC(=O)[C@@H]5CCCN5C(=O)[C@H](C)NC(=O)CCOCCOCCOCCOCCOCCOCCOCCOCCOCCOCCC(=O)Oc5c(F)c(F)c(S(=O)(=O)O)c(F)c5F)C(C)C)cc4)nc3)cc2N=C(N)C1. The highest BCUT2D eigenvalue weighted by Gasteiger charge is 2.39. The van der Waals surface area contributed by atoms with Crippen LogP contribution in [0.25, 0.3) is 17.2 Å². The number of hydrogen-bond donors (Lipinski definition) is 6. The van der Waals surface area contributed by atoms with Crippen molar-refractivity contribution in [3.63, 3.8) is 0 Å². The summed E-state index contributed by atoms with van der Waals surface area (Å²) < 4.78 is 151. The molecule has 2 aliphatic heterocycles. The highest BCUT2D eigenvalue weighted by atomic mass is 32.2. The summed E-state index contributed by atoms with van der Waals surface area (Å²) in [5.74, 6) is -14.5. The van der Waals surface area contributed by atoms with Gasteiger partial charge in [0.25, 0.3) is 5.91 Å². The molecular formula is C72H98F4N10O23S. The van der Waals surface area contributed by atoms with Gasteiger partial charge in [-0.25, -0.2) is 33.6 Å². The molecule has 2 aliphatic rings. The number of alkyl carbamates (subject to hydrolysis) is 1. The number of rotatable bonds is 52. The lowest BCUT2D eigenvalue weighted by Crippen LogP contribution is -2.56. The third kappa shape index (κ3) is 31.2. The number of halogens is 4. The molecule has 0 bridgehead atoms. The Morgan fingerprint density at radius 2 is 1.19 bits per heavy atom. The molecule has 0 saturated carbocycles. The fourth-order valence-electron chi connectivity index (χ4n) is 10.5. The number of fused-ring (bicyclic) bond motifs is 1. The van der Waals surface area contributed by atoms with Gasteiger partial charge in [-0.1, -0.05) is 45.0 Å². The first kappa shape index (κ1) is 90.1. The number of amidine groups is 1. The fraction of sp³-hybridized carbons (Fsp3) is 0.556. The number of nitrogens with one attached hydrogen (secondary N) is 4. The standard InChI is InChI=1S/C72H98F4N10O23S/c1-6-18-86(108-7-2)71(92)52-40-51-13-12-50(41-55(51)83-57(77)42-52)53-43-78-58(79-44-53)45-80-72(93)107-46-49-10-14-54(15-11-49)82-69(90)65(47(3)4)84-68(89)56-9-8-19-85(56)70(91)48(5)81-59(87)16-20-97-22-24-99-26-28-101-30-32-103-34-36-105-38-39-106-37-35-104-33-31-102-29-27-100-25-23-98-21-17-60(88)109-66-61(73)63(75)67(110(94,95)96)64(76)62(66)74/h10-15,40-41,43-44,47-48,56,65H,6-9,16-39,42,45-46H2,1-5H3,(H2,77,83)(H,80,93)(H,81,87)(H,82,90)(H,84,89)(H,94,95,96)/t48-,56-,65-/m0/s1. The van der Waals surface area contributed by atoms with Crippen LogP contribution in [0.15, 0.2) is 70.3 Å². The number of nitrogens with two attached hydrogens (primary N) is 1. The molecule has 6 amide bonds. The van der Waals surface area contributed by atoms with Gasteiger partial charge in [-0.2, -0.15) is 17.2 Å². The Labute approximate surface area is 634 Å². The minimum absolute atomic E-state index is 0.00194. The molecule has 6 rings (SSSR count). The number of nitrogens with zero attached hydrogens (tertiary/aromatic N) is 5. The number of likely N-dealkylation sites (tertiary alicyclic amines) is 1. The maximum Gasteiger partial charge on any atom is 0.407 e. The van der Waals surface area contributed by atoms with Crippen molar-refractivity contribution in [3.8, 4) is 16.9 Å². The van der Waals surface area contributed by atoms with Crippen LogP contribution >= 0.6 is 0 Å². The zero-order chi connectivity index (χ0) is 79.8. The van der Waals surface area contributed by atoms with E-state index in [1.165, 1.54) is 9.96 Å². The van der Waals surface area contributed by atoms with E-state index in [4.69, 9.17) is 67.2 Å². The van der Waals surface area contributed by atoms with Crippen LogP contribution in [0.5, 0.6) is 5.75 Å². The summed E-state index contributed by atoms with van der Waals surface area (Å²) in [6.45, 7) is 14.8. The third-order valence-electron chi connectivity index (χ3n) is 16.0. The topological polar surface area (TPSA) is 413 Å². The maximum atomic E-state index is 14.0. The van der Waals surface area contributed by atoms with Gasteiger partial charge in [0, 0.05) is 60.7 Å². The van der Waals surface area contributed by atoms with Crippen molar-refractivity contribution in [3.05, 3.63) is 101 Å². The molecule has 0 radical (unpaired) electrons. The van der Waals surface area contributed by atoms with Gasteiger partial charge in [-0.3, -0.25) is 38.2 Å². The second kappa shape index (κ2) is 48.8. The molecule has 3 heterocycles. The molecule has 3 atom stereocenters. The number of carbonyl (C=O) groups is 7. The Kier molecular flexibility index (Phi) is 40.0. The monoisotopic (exact) mass is 1580 g/mol. The number of aliphatic imine (C=N–C) groups is 1. The smallest absolute Gasteiger partial charge is 0.407 e. The van der Waals surface area contributed by atoms with Gasteiger partial charge in [-0.15, -0.1) is 0 Å². The van der Waals surface area contributed by atoms with Crippen molar-refractivity contribution in [2.24, 2.45) is 16.6 Å². The van der Waals surface area contributed by atoms with Crippen molar-refractivity contribution in [1.29, 1.82) is 0 Å². The summed E-state index contributed by atoms with van der Waals surface area (Å²) >= 11 is 0. The molecule has 1 aromatic heterocycles. The fourth-order valence-corrected chi connectivity index (χ4v) is 11.1. The zero-order valence-electron chi connectivity index (χ0n) is 62.2. The number of carbonyl (C=O) groups excluding carboxylic acids is 7. The van der Waals surface area contributed by atoms with Crippen LogP contribution in [0.4, 0.5) is 33.7 Å². The lowest BCUT2D eigenvalue weighted by Gasteiger charge is -2.29. The lowest BCUT2D eigenvalue weighted by molar-refractivity contribution is -0.180. The van der Waals surface area contributed by atoms with Crippen LogP contribution in [0, 0.1) is 29.2 Å². The second-order valence-corrected chi connectivity index (χ2v) is 26.1. The molecule has 0 unspecified atom stereocenters. The first-order chi connectivity index (χ1) is 52.9. The van der Waals surface area contributed by atoms with E-state index in [0.29, 0.717) is 146 Å². The summed E-state index contributed by atoms with van der Waals surface area (Å²) in [4.78, 5) is 110. The molecule has 0 aliphatic carbocycles. The van der Waals surface area contributed by atoms with Crippen LogP contribution < -0.4 is 31.7 Å². The number of ether oxygens (including phenoxy) is 12. The zero-order valence-corrected chi connectivity index (χ0v) is 63.0.